The van der Waals surface area contributed by atoms with Crippen LogP contribution in [0.3, 0.4) is 0 Å². The zero-order chi connectivity index (χ0) is 13.0. The molecule has 0 aliphatic carbocycles. The Morgan fingerprint density at radius 1 is 1.33 bits per heavy atom. The van der Waals surface area contributed by atoms with Crippen LogP contribution in [0.5, 0.6) is 0 Å². The molecule has 18 heavy (non-hydrogen) atoms. The number of hydrogen-bond donors (Lipinski definition) is 0. The maximum absolute atomic E-state index is 12.1. The molecule has 0 radical (unpaired) electrons. The Labute approximate surface area is 110 Å². The molecule has 0 aromatic carbocycles. The van der Waals surface area contributed by atoms with E-state index in [9.17, 15) is 4.79 Å². The van der Waals surface area contributed by atoms with Crippen molar-refractivity contribution in [3.63, 3.8) is 0 Å². The smallest absolute Gasteiger partial charge is 0.251 e. The molecule has 1 amide bonds. The van der Waals surface area contributed by atoms with Gasteiger partial charge in [-0.1, -0.05) is 6.42 Å². The molecule has 2 atom stereocenters. The molecule has 4 nitrogen and oxygen atoms in total. The zero-order valence-electron chi connectivity index (χ0n) is 11.7. The molecule has 0 N–H and O–H groups in total. The lowest BCUT2D eigenvalue weighted by Crippen LogP contribution is -2.41. The van der Waals surface area contributed by atoms with Crippen molar-refractivity contribution in [3.05, 3.63) is 0 Å². The second kappa shape index (κ2) is 6.53. The first kappa shape index (κ1) is 13.8. The first-order chi connectivity index (χ1) is 8.68. The third kappa shape index (κ3) is 3.45. The summed E-state index contributed by atoms with van der Waals surface area (Å²) in [4.78, 5) is 16.4. The number of carbonyl (C=O) groups excluding carboxylic acids is 1. The van der Waals surface area contributed by atoms with Gasteiger partial charge in [0.15, 0.2) is 0 Å². The molecule has 0 spiro atoms. The number of hydrogen-bond acceptors (Lipinski definition) is 3. The molecule has 2 fully saturated rings. The lowest BCUT2D eigenvalue weighted by molar-refractivity contribution is -0.139. The third-order valence-corrected chi connectivity index (χ3v) is 4.30. The van der Waals surface area contributed by atoms with Gasteiger partial charge in [-0.2, -0.15) is 0 Å². The minimum absolute atomic E-state index is 0.168. The highest BCUT2D eigenvalue weighted by atomic mass is 16.5. The van der Waals surface area contributed by atoms with Gasteiger partial charge in [-0.3, -0.25) is 4.79 Å². The van der Waals surface area contributed by atoms with Crippen LogP contribution in [0.25, 0.3) is 0 Å². The molecule has 2 rings (SSSR count). The number of rotatable bonds is 4. The van der Waals surface area contributed by atoms with Crippen LogP contribution in [-0.4, -0.2) is 61.6 Å². The highest BCUT2D eigenvalue weighted by Gasteiger charge is 2.27. The van der Waals surface area contributed by atoms with E-state index in [2.05, 4.69) is 11.9 Å². The molecule has 2 saturated heterocycles. The standard InChI is InChI=1S/C14H26N2O2/c1-15-9-4-3-6-12(15)8-10-16(2)14(17)13-7-5-11-18-13/h12-13H,3-11H2,1-2H3. The SMILES string of the molecule is CN(CCC1CCCCN1C)C(=O)C1CCCO1. The molecular formula is C14H26N2O2. The molecule has 0 bridgehead atoms. The van der Waals surface area contributed by atoms with Crippen LogP contribution in [0, 0.1) is 0 Å². The Kier molecular flexibility index (Phi) is 5.01. The van der Waals surface area contributed by atoms with Crippen LogP contribution < -0.4 is 0 Å². The van der Waals surface area contributed by atoms with Crippen LogP contribution in [0.2, 0.25) is 0 Å². The molecular weight excluding hydrogens is 228 g/mol. The Bertz CT molecular complexity index is 277. The Hall–Kier alpha value is -0.610. The van der Waals surface area contributed by atoms with Crippen molar-refractivity contribution in [1.29, 1.82) is 0 Å². The monoisotopic (exact) mass is 254 g/mol. The summed E-state index contributed by atoms with van der Waals surface area (Å²) >= 11 is 0. The number of carbonyl (C=O) groups is 1. The number of amides is 1. The summed E-state index contributed by atoms with van der Waals surface area (Å²) in [5, 5.41) is 0. The van der Waals surface area contributed by atoms with Crippen molar-refractivity contribution in [2.24, 2.45) is 0 Å². The van der Waals surface area contributed by atoms with Crippen LogP contribution in [-0.2, 0) is 9.53 Å². The minimum Gasteiger partial charge on any atom is -0.368 e. The topological polar surface area (TPSA) is 32.8 Å². The second-order valence-electron chi connectivity index (χ2n) is 5.68. The number of likely N-dealkylation sites (N-methyl/N-ethyl adjacent to an activating group) is 1. The van der Waals surface area contributed by atoms with Crippen LogP contribution in [0.4, 0.5) is 0 Å². The number of ether oxygens (including phenoxy) is 1. The van der Waals surface area contributed by atoms with Crippen LogP contribution >= 0.6 is 0 Å². The van der Waals surface area contributed by atoms with Gasteiger partial charge in [0.05, 0.1) is 0 Å². The third-order valence-electron chi connectivity index (χ3n) is 4.30. The lowest BCUT2D eigenvalue weighted by Gasteiger charge is -2.33. The first-order valence-corrected chi connectivity index (χ1v) is 7.25. The molecule has 2 heterocycles. The zero-order valence-corrected chi connectivity index (χ0v) is 11.7. The van der Waals surface area contributed by atoms with E-state index in [0.717, 1.165) is 32.4 Å². The average Bonchev–Trinajstić information content (AvgIpc) is 2.90. The van der Waals surface area contributed by atoms with E-state index in [0.29, 0.717) is 6.04 Å². The molecule has 4 heteroatoms. The van der Waals surface area contributed by atoms with E-state index < -0.39 is 0 Å². The van der Waals surface area contributed by atoms with Gasteiger partial charge in [-0.15, -0.1) is 0 Å². The summed E-state index contributed by atoms with van der Waals surface area (Å²) in [5.41, 5.74) is 0. The fourth-order valence-corrected chi connectivity index (χ4v) is 2.98. The van der Waals surface area contributed by atoms with E-state index in [4.69, 9.17) is 4.74 Å². The Morgan fingerprint density at radius 2 is 2.17 bits per heavy atom. The van der Waals surface area contributed by atoms with E-state index in [-0.39, 0.29) is 12.0 Å². The summed E-state index contributed by atoms with van der Waals surface area (Å²) in [6.07, 6.45) is 6.77. The molecule has 0 saturated carbocycles. The number of piperidine rings is 1. The van der Waals surface area contributed by atoms with Crippen molar-refractivity contribution >= 4 is 5.91 Å². The molecule has 0 aromatic heterocycles. The molecule has 2 unspecified atom stereocenters. The number of nitrogens with zero attached hydrogens (tertiary/aromatic N) is 2. The summed E-state index contributed by atoms with van der Waals surface area (Å²) < 4.78 is 5.45. The van der Waals surface area contributed by atoms with Crippen molar-refractivity contribution in [2.45, 2.75) is 50.7 Å². The first-order valence-electron chi connectivity index (χ1n) is 7.25. The van der Waals surface area contributed by atoms with Crippen molar-refractivity contribution in [2.75, 3.05) is 33.8 Å². The van der Waals surface area contributed by atoms with Crippen molar-refractivity contribution in [1.82, 2.24) is 9.80 Å². The molecule has 104 valence electrons. The maximum atomic E-state index is 12.1. The van der Waals surface area contributed by atoms with Crippen LogP contribution in [0.15, 0.2) is 0 Å². The van der Waals surface area contributed by atoms with Gasteiger partial charge in [0.25, 0.3) is 5.91 Å². The molecule has 2 aliphatic rings. The Balaban J connectivity index is 1.73. The second-order valence-corrected chi connectivity index (χ2v) is 5.68. The normalized spacial score (nSPS) is 29.4. The lowest BCUT2D eigenvalue weighted by atomic mass is 10.00. The minimum atomic E-state index is -0.168. The highest BCUT2D eigenvalue weighted by Crippen LogP contribution is 2.19. The van der Waals surface area contributed by atoms with E-state index in [1.165, 1.54) is 25.8 Å². The van der Waals surface area contributed by atoms with E-state index >= 15 is 0 Å². The van der Waals surface area contributed by atoms with Gasteiger partial charge < -0.3 is 14.5 Å². The predicted octanol–water partition coefficient (Wildman–Crippen LogP) is 1.50. The molecule has 2 aliphatic heterocycles. The summed E-state index contributed by atoms with van der Waals surface area (Å²) in [7, 11) is 4.11. The predicted molar refractivity (Wildman–Crippen MR) is 71.5 cm³/mol. The van der Waals surface area contributed by atoms with Gasteiger partial charge >= 0.3 is 0 Å². The van der Waals surface area contributed by atoms with Gasteiger partial charge in [-0.25, -0.2) is 0 Å². The van der Waals surface area contributed by atoms with Gasteiger partial charge in [0.1, 0.15) is 6.10 Å². The highest BCUT2D eigenvalue weighted by molar-refractivity contribution is 5.80. The van der Waals surface area contributed by atoms with Crippen molar-refractivity contribution < 1.29 is 9.53 Å². The van der Waals surface area contributed by atoms with Crippen LogP contribution in [0.1, 0.15) is 38.5 Å². The average molecular weight is 254 g/mol. The largest absolute Gasteiger partial charge is 0.368 e. The Morgan fingerprint density at radius 3 is 2.83 bits per heavy atom. The van der Waals surface area contributed by atoms with E-state index in [1.807, 2.05) is 11.9 Å². The summed E-state index contributed by atoms with van der Waals surface area (Å²) in [6.45, 7) is 2.80. The van der Waals surface area contributed by atoms with Crippen molar-refractivity contribution in [3.8, 4) is 0 Å². The van der Waals surface area contributed by atoms with Gasteiger partial charge in [-0.05, 0) is 45.7 Å². The van der Waals surface area contributed by atoms with E-state index in [1.54, 1.807) is 0 Å². The number of likely N-dealkylation sites (tertiary alicyclic amines) is 1. The quantitative estimate of drug-likeness (QED) is 0.762. The maximum Gasteiger partial charge on any atom is 0.251 e. The van der Waals surface area contributed by atoms with Gasteiger partial charge in [0, 0.05) is 26.2 Å². The molecule has 0 aromatic rings. The summed E-state index contributed by atoms with van der Waals surface area (Å²) in [6, 6.07) is 0.651. The fourth-order valence-electron chi connectivity index (χ4n) is 2.98. The summed E-state index contributed by atoms with van der Waals surface area (Å²) in [5.74, 6) is 0.172. The fraction of sp³-hybridized carbons (Fsp3) is 0.929. The van der Waals surface area contributed by atoms with Gasteiger partial charge in [0.2, 0.25) is 0 Å².